The largest absolute Gasteiger partial charge is 0.495 e. The van der Waals surface area contributed by atoms with Crippen molar-refractivity contribution in [2.24, 2.45) is 0 Å². The third-order valence-electron chi connectivity index (χ3n) is 4.93. The lowest BCUT2D eigenvalue weighted by Crippen LogP contribution is -2.48. The molecule has 0 aliphatic rings. The van der Waals surface area contributed by atoms with E-state index in [4.69, 9.17) is 9.47 Å². The Morgan fingerprint density at radius 2 is 1.68 bits per heavy atom. The molecule has 2 aromatic carbocycles. The molecule has 1 N–H and O–H groups in total. The number of aryl methyl sites for hydroxylation is 1. The second kappa shape index (κ2) is 11.1. The van der Waals surface area contributed by atoms with Crippen LogP contribution in [0, 0.1) is 6.92 Å². The van der Waals surface area contributed by atoms with E-state index in [1.54, 1.807) is 18.2 Å². The van der Waals surface area contributed by atoms with Crippen molar-refractivity contribution in [1.29, 1.82) is 0 Å². The van der Waals surface area contributed by atoms with E-state index in [1.807, 2.05) is 6.92 Å². The molecule has 1 atom stereocenters. The Balaban J connectivity index is 2.03. The monoisotopic (exact) mass is 513 g/mol. The van der Waals surface area contributed by atoms with Gasteiger partial charge in [0, 0.05) is 14.1 Å². The molecule has 1 amide bonds. The van der Waals surface area contributed by atoms with Gasteiger partial charge in [0.2, 0.25) is 26.0 Å². The molecular weight excluding hydrogens is 482 g/mol. The summed E-state index contributed by atoms with van der Waals surface area (Å²) < 4.78 is 62.3. The van der Waals surface area contributed by atoms with Crippen LogP contribution in [0.3, 0.4) is 0 Å². The van der Waals surface area contributed by atoms with Crippen molar-refractivity contribution in [1.82, 2.24) is 9.62 Å². The summed E-state index contributed by atoms with van der Waals surface area (Å²) in [6, 6.07) is 9.96. The van der Waals surface area contributed by atoms with Gasteiger partial charge in [0.15, 0.2) is 0 Å². The fraction of sp³-hybridized carbons (Fsp3) is 0.409. The molecular formula is C22H31N3O7S2. The highest BCUT2D eigenvalue weighted by atomic mass is 32.2. The number of anilines is 1. The van der Waals surface area contributed by atoms with Crippen molar-refractivity contribution in [3.05, 3.63) is 48.0 Å². The average molecular weight is 514 g/mol. The van der Waals surface area contributed by atoms with Crippen molar-refractivity contribution >= 4 is 31.6 Å². The SMILES string of the molecule is COc1ccc(C)cc1N(C(C)C(=O)NCCOc1ccc(S(=O)(=O)N(C)C)cc1)S(C)(=O)=O. The van der Waals surface area contributed by atoms with E-state index in [9.17, 15) is 21.6 Å². The molecule has 34 heavy (non-hydrogen) atoms. The number of carbonyl (C=O) groups is 1. The summed E-state index contributed by atoms with van der Waals surface area (Å²) in [6.07, 6.45) is 1.03. The minimum atomic E-state index is -3.80. The van der Waals surface area contributed by atoms with Crippen LogP contribution >= 0.6 is 0 Å². The van der Waals surface area contributed by atoms with Gasteiger partial charge in [0.25, 0.3) is 0 Å². The van der Waals surface area contributed by atoms with Gasteiger partial charge < -0.3 is 14.8 Å². The van der Waals surface area contributed by atoms with Crippen LogP contribution in [0.1, 0.15) is 12.5 Å². The Morgan fingerprint density at radius 3 is 2.21 bits per heavy atom. The van der Waals surface area contributed by atoms with Gasteiger partial charge in [-0.25, -0.2) is 21.1 Å². The number of nitrogens with zero attached hydrogens (tertiary/aromatic N) is 2. The molecule has 1 unspecified atom stereocenters. The number of hydrogen-bond donors (Lipinski definition) is 1. The Hall–Kier alpha value is -2.83. The number of carbonyl (C=O) groups excluding carboxylic acids is 1. The quantitative estimate of drug-likeness (QED) is 0.453. The van der Waals surface area contributed by atoms with Gasteiger partial charge in [0.1, 0.15) is 24.1 Å². The van der Waals surface area contributed by atoms with Gasteiger partial charge in [-0.1, -0.05) is 6.07 Å². The van der Waals surface area contributed by atoms with Gasteiger partial charge in [-0.3, -0.25) is 9.10 Å². The van der Waals surface area contributed by atoms with Gasteiger partial charge >= 0.3 is 0 Å². The van der Waals surface area contributed by atoms with Crippen molar-refractivity contribution in [3.63, 3.8) is 0 Å². The van der Waals surface area contributed by atoms with Crippen LogP contribution in [0.2, 0.25) is 0 Å². The predicted molar refractivity (Wildman–Crippen MR) is 130 cm³/mol. The summed E-state index contributed by atoms with van der Waals surface area (Å²) in [5, 5.41) is 2.66. The van der Waals surface area contributed by atoms with E-state index in [1.165, 1.54) is 52.4 Å². The molecule has 10 nitrogen and oxygen atoms in total. The van der Waals surface area contributed by atoms with E-state index in [0.717, 1.165) is 20.4 Å². The van der Waals surface area contributed by atoms with E-state index in [0.29, 0.717) is 11.5 Å². The van der Waals surface area contributed by atoms with Crippen molar-refractivity contribution < 1.29 is 31.1 Å². The number of methoxy groups -OCH3 is 1. The third-order valence-corrected chi connectivity index (χ3v) is 7.99. The average Bonchev–Trinajstić information content (AvgIpc) is 2.76. The van der Waals surface area contributed by atoms with Crippen LogP contribution in [0.25, 0.3) is 0 Å². The highest BCUT2D eigenvalue weighted by Crippen LogP contribution is 2.32. The lowest BCUT2D eigenvalue weighted by molar-refractivity contribution is -0.121. The van der Waals surface area contributed by atoms with Crippen molar-refractivity contribution in [3.8, 4) is 11.5 Å². The Bertz CT molecular complexity index is 1210. The molecule has 0 bridgehead atoms. The zero-order chi connectivity index (χ0) is 25.7. The third kappa shape index (κ3) is 6.61. The molecule has 0 fully saturated rings. The van der Waals surface area contributed by atoms with E-state index < -0.39 is 32.0 Å². The van der Waals surface area contributed by atoms with Crippen LogP contribution in [0.4, 0.5) is 5.69 Å². The van der Waals surface area contributed by atoms with Gasteiger partial charge in [-0.05, 0) is 55.8 Å². The Morgan fingerprint density at radius 1 is 1.06 bits per heavy atom. The normalized spacial score (nSPS) is 12.8. The Labute approximate surface area is 201 Å². The smallest absolute Gasteiger partial charge is 0.243 e. The van der Waals surface area contributed by atoms with E-state index >= 15 is 0 Å². The first-order valence-corrected chi connectivity index (χ1v) is 13.6. The molecule has 2 rings (SSSR count). The lowest BCUT2D eigenvalue weighted by atomic mass is 10.2. The van der Waals surface area contributed by atoms with Crippen LogP contribution in [-0.4, -0.2) is 73.7 Å². The molecule has 0 saturated carbocycles. The van der Waals surface area contributed by atoms with Crippen LogP contribution in [0.5, 0.6) is 11.5 Å². The van der Waals surface area contributed by atoms with Crippen LogP contribution in [-0.2, 0) is 24.8 Å². The summed E-state index contributed by atoms with van der Waals surface area (Å²) in [7, 11) is -3.01. The molecule has 12 heteroatoms. The molecule has 188 valence electrons. The first-order valence-electron chi connectivity index (χ1n) is 10.4. The topological polar surface area (TPSA) is 122 Å². The summed E-state index contributed by atoms with van der Waals surface area (Å²) >= 11 is 0. The standard InChI is InChI=1S/C22H31N3O7S2/c1-16-7-12-21(31-5)20(15-16)25(33(6,27)28)17(2)22(26)23-13-14-32-18-8-10-19(11-9-18)34(29,30)24(3)4/h7-12,15,17H,13-14H2,1-6H3,(H,23,26). The first-order chi connectivity index (χ1) is 15.8. The predicted octanol–water partition coefficient (Wildman–Crippen LogP) is 1.60. The maximum atomic E-state index is 12.7. The molecule has 0 aliphatic heterocycles. The number of rotatable bonds is 11. The van der Waals surface area contributed by atoms with Crippen molar-refractivity contribution in [2.45, 2.75) is 24.8 Å². The molecule has 2 aromatic rings. The van der Waals surface area contributed by atoms with Crippen LogP contribution < -0.4 is 19.1 Å². The molecule has 0 radical (unpaired) electrons. The van der Waals surface area contributed by atoms with E-state index in [-0.39, 0.29) is 23.7 Å². The van der Waals surface area contributed by atoms with Gasteiger partial charge in [0.05, 0.1) is 30.5 Å². The number of hydrogen-bond acceptors (Lipinski definition) is 7. The maximum absolute atomic E-state index is 12.7. The highest BCUT2D eigenvalue weighted by Gasteiger charge is 2.31. The zero-order valence-corrected chi connectivity index (χ0v) is 21.7. The molecule has 0 heterocycles. The fourth-order valence-corrected chi connectivity index (χ4v) is 5.23. The Kier molecular flexibility index (Phi) is 8.92. The maximum Gasteiger partial charge on any atom is 0.243 e. The minimum Gasteiger partial charge on any atom is -0.495 e. The van der Waals surface area contributed by atoms with Gasteiger partial charge in [-0.2, -0.15) is 0 Å². The number of ether oxygens (including phenoxy) is 2. The second-order valence-corrected chi connectivity index (χ2v) is 11.8. The number of sulfonamides is 2. The number of benzene rings is 2. The summed E-state index contributed by atoms with van der Waals surface area (Å²) in [6.45, 7) is 3.52. The summed E-state index contributed by atoms with van der Waals surface area (Å²) in [5.41, 5.74) is 1.09. The number of amides is 1. The highest BCUT2D eigenvalue weighted by molar-refractivity contribution is 7.92. The molecule has 0 aliphatic carbocycles. The molecule has 0 spiro atoms. The second-order valence-electron chi connectivity index (χ2n) is 7.81. The summed E-state index contributed by atoms with van der Waals surface area (Å²) in [4.78, 5) is 12.9. The van der Waals surface area contributed by atoms with Crippen LogP contribution in [0.15, 0.2) is 47.4 Å². The first kappa shape index (κ1) is 27.4. The molecule has 0 aromatic heterocycles. The van der Waals surface area contributed by atoms with Crippen molar-refractivity contribution in [2.75, 3.05) is 44.9 Å². The fourth-order valence-electron chi connectivity index (χ4n) is 3.16. The molecule has 0 saturated heterocycles. The lowest BCUT2D eigenvalue weighted by Gasteiger charge is -2.29. The minimum absolute atomic E-state index is 0.102. The zero-order valence-electron chi connectivity index (χ0n) is 20.1. The van der Waals surface area contributed by atoms with E-state index in [2.05, 4.69) is 5.32 Å². The number of nitrogens with one attached hydrogen (secondary N) is 1. The van der Waals surface area contributed by atoms with Gasteiger partial charge in [-0.15, -0.1) is 0 Å². The summed E-state index contributed by atoms with van der Waals surface area (Å²) in [5.74, 6) is 0.256.